The van der Waals surface area contributed by atoms with Crippen LogP contribution in [0.25, 0.3) is 0 Å². The third-order valence-electron chi connectivity index (χ3n) is 1.77. The Morgan fingerprint density at radius 3 is 2.47 bits per heavy atom. The summed E-state index contributed by atoms with van der Waals surface area (Å²) >= 11 is 0. The Kier molecular flexibility index (Phi) is 4.93. The van der Waals surface area contributed by atoms with Crippen LogP contribution in [-0.4, -0.2) is 30.3 Å². The van der Waals surface area contributed by atoms with Crippen LogP contribution in [0.2, 0.25) is 0 Å². The third-order valence-corrected chi connectivity index (χ3v) is 1.77. The van der Waals surface area contributed by atoms with Crippen LogP contribution in [-0.2, 0) is 9.47 Å². The van der Waals surface area contributed by atoms with Crippen molar-refractivity contribution >= 4 is 5.78 Å². The van der Waals surface area contributed by atoms with Gasteiger partial charge < -0.3 is 9.47 Å². The van der Waals surface area contributed by atoms with Gasteiger partial charge in [-0.3, -0.25) is 9.78 Å². The fraction of sp³-hybridized carbons (Fsp3) is 0.455. The van der Waals surface area contributed by atoms with Gasteiger partial charge in [-0.2, -0.15) is 0 Å². The van der Waals surface area contributed by atoms with E-state index in [0.717, 1.165) is 0 Å². The molecule has 1 aromatic rings. The van der Waals surface area contributed by atoms with Gasteiger partial charge in [0, 0.05) is 19.4 Å². The highest BCUT2D eigenvalue weighted by molar-refractivity contribution is 5.96. The summed E-state index contributed by atoms with van der Waals surface area (Å²) in [4.78, 5) is 15.8. The van der Waals surface area contributed by atoms with Crippen molar-refractivity contribution in [3.63, 3.8) is 0 Å². The van der Waals surface area contributed by atoms with Gasteiger partial charge in [-0.25, -0.2) is 0 Å². The van der Waals surface area contributed by atoms with Gasteiger partial charge in [0.2, 0.25) is 12.1 Å². The van der Waals surface area contributed by atoms with Gasteiger partial charge >= 0.3 is 0 Å². The van der Waals surface area contributed by atoms with Gasteiger partial charge in [-0.05, 0) is 26.0 Å². The molecule has 0 aromatic carbocycles. The van der Waals surface area contributed by atoms with Gasteiger partial charge in [-0.1, -0.05) is 6.07 Å². The maximum atomic E-state index is 11.8. The summed E-state index contributed by atoms with van der Waals surface area (Å²) in [6, 6.07) is 5.16. The lowest BCUT2D eigenvalue weighted by Gasteiger charge is -2.14. The first-order valence-electron chi connectivity index (χ1n) is 4.98. The normalized spacial score (nSPS) is 10.6. The van der Waals surface area contributed by atoms with Crippen LogP contribution in [0.4, 0.5) is 0 Å². The van der Waals surface area contributed by atoms with Gasteiger partial charge in [0.25, 0.3) is 0 Å². The largest absolute Gasteiger partial charge is 0.346 e. The van der Waals surface area contributed by atoms with Crippen LogP contribution < -0.4 is 0 Å². The van der Waals surface area contributed by atoms with Crippen LogP contribution in [0, 0.1) is 0 Å². The molecule has 0 bridgehead atoms. The molecule has 0 saturated heterocycles. The summed E-state index contributed by atoms with van der Waals surface area (Å²) in [6.07, 6.45) is 0.734. The highest BCUT2D eigenvalue weighted by atomic mass is 16.7. The first-order chi connectivity index (χ1) is 7.29. The highest BCUT2D eigenvalue weighted by Crippen LogP contribution is 2.05. The van der Waals surface area contributed by atoms with E-state index >= 15 is 0 Å². The lowest BCUT2D eigenvalue weighted by atomic mass is 10.2. The zero-order chi connectivity index (χ0) is 11.1. The average Bonchev–Trinajstić information content (AvgIpc) is 2.29. The minimum atomic E-state index is -0.838. The molecule has 0 atom stereocenters. The number of carbonyl (C=O) groups excluding carboxylic acids is 1. The first kappa shape index (κ1) is 11.8. The number of hydrogen-bond donors (Lipinski definition) is 0. The maximum Gasteiger partial charge on any atom is 0.237 e. The standard InChI is InChI=1S/C11H15NO3/c1-3-14-11(15-4-2)10(13)9-7-5-6-8-12-9/h5-8,11H,3-4H2,1-2H3. The van der Waals surface area contributed by atoms with Gasteiger partial charge in [-0.15, -0.1) is 0 Å². The molecule has 0 saturated carbocycles. The molecule has 0 fully saturated rings. The van der Waals surface area contributed by atoms with E-state index < -0.39 is 6.29 Å². The van der Waals surface area contributed by atoms with E-state index in [9.17, 15) is 4.79 Å². The van der Waals surface area contributed by atoms with Crippen LogP contribution >= 0.6 is 0 Å². The molecule has 0 radical (unpaired) electrons. The van der Waals surface area contributed by atoms with Crippen molar-refractivity contribution in [2.45, 2.75) is 20.1 Å². The zero-order valence-corrected chi connectivity index (χ0v) is 8.97. The average molecular weight is 209 g/mol. The number of carbonyl (C=O) groups is 1. The van der Waals surface area contributed by atoms with Gasteiger partial charge in [0.1, 0.15) is 5.69 Å². The number of Topliss-reactive ketones (excluding diaryl/α,β-unsaturated/α-hetero) is 1. The Hall–Kier alpha value is -1.26. The minimum absolute atomic E-state index is 0.237. The van der Waals surface area contributed by atoms with Crippen LogP contribution in [0.15, 0.2) is 24.4 Å². The molecule has 4 heteroatoms. The van der Waals surface area contributed by atoms with Crippen molar-refractivity contribution in [2.75, 3.05) is 13.2 Å². The van der Waals surface area contributed by atoms with Crippen molar-refractivity contribution in [1.29, 1.82) is 0 Å². The molecule has 1 aromatic heterocycles. The summed E-state index contributed by atoms with van der Waals surface area (Å²) in [5.41, 5.74) is 0.365. The number of rotatable bonds is 6. The van der Waals surface area contributed by atoms with Crippen molar-refractivity contribution < 1.29 is 14.3 Å². The topological polar surface area (TPSA) is 48.4 Å². The molecule has 4 nitrogen and oxygen atoms in total. The van der Waals surface area contributed by atoms with Gasteiger partial charge in [0.05, 0.1) is 0 Å². The minimum Gasteiger partial charge on any atom is -0.346 e. The zero-order valence-electron chi connectivity index (χ0n) is 8.97. The molecule has 0 aliphatic heterocycles. The van der Waals surface area contributed by atoms with E-state index in [1.807, 2.05) is 13.8 Å². The lowest BCUT2D eigenvalue weighted by Crippen LogP contribution is -2.28. The molecule has 1 heterocycles. The number of ketones is 1. The summed E-state index contributed by atoms with van der Waals surface area (Å²) in [5.74, 6) is -0.237. The second kappa shape index (κ2) is 6.27. The van der Waals surface area contributed by atoms with E-state index in [1.54, 1.807) is 24.4 Å². The van der Waals surface area contributed by atoms with E-state index in [0.29, 0.717) is 18.9 Å². The smallest absolute Gasteiger partial charge is 0.237 e. The quantitative estimate of drug-likeness (QED) is 0.528. The number of hydrogen-bond acceptors (Lipinski definition) is 4. The van der Waals surface area contributed by atoms with E-state index in [1.165, 1.54) is 0 Å². The third kappa shape index (κ3) is 3.42. The number of aromatic nitrogens is 1. The van der Waals surface area contributed by atoms with Crippen molar-refractivity contribution in [1.82, 2.24) is 4.98 Å². The Morgan fingerprint density at radius 1 is 1.33 bits per heavy atom. The fourth-order valence-electron chi connectivity index (χ4n) is 1.13. The second-order valence-corrected chi connectivity index (χ2v) is 2.82. The Bertz CT molecular complexity index is 294. The molecule has 0 N–H and O–H groups in total. The van der Waals surface area contributed by atoms with Crippen LogP contribution in [0.1, 0.15) is 24.3 Å². The molecule has 15 heavy (non-hydrogen) atoms. The maximum absolute atomic E-state index is 11.8. The summed E-state index contributed by atoms with van der Waals surface area (Å²) < 4.78 is 10.4. The molecule has 0 unspecified atom stereocenters. The molecule has 0 spiro atoms. The van der Waals surface area contributed by atoms with Gasteiger partial charge in [0.15, 0.2) is 0 Å². The Labute approximate surface area is 89.2 Å². The predicted molar refractivity (Wildman–Crippen MR) is 55.6 cm³/mol. The van der Waals surface area contributed by atoms with E-state index in [-0.39, 0.29) is 5.78 Å². The monoisotopic (exact) mass is 209 g/mol. The number of nitrogens with zero attached hydrogens (tertiary/aromatic N) is 1. The van der Waals surface area contributed by atoms with Crippen molar-refractivity contribution in [3.05, 3.63) is 30.1 Å². The lowest BCUT2D eigenvalue weighted by molar-refractivity contribution is -0.107. The highest BCUT2D eigenvalue weighted by Gasteiger charge is 2.21. The SMILES string of the molecule is CCOC(OCC)C(=O)c1ccccn1. The molecular formula is C11H15NO3. The van der Waals surface area contributed by atoms with E-state index in [4.69, 9.17) is 9.47 Å². The molecule has 1 rings (SSSR count). The van der Waals surface area contributed by atoms with Crippen LogP contribution in [0.3, 0.4) is 0 Å². The predicted octanol–water partition coefficient (Wildman–Crippen LogP) is 1.66. The molecule has 82 valence electrons. The molecular weight excluding hydrogens is 194 g/mol. The first-order valence-corrected chi connectivity index (χ1v) is 4.98. The number of ether oxygens (including phenoxy) is 2. The Morgan fingerprint density at radius 2 is 2.00 bits per heavy atom. The summed E-state index contributed by atoms with van der Waals surface area (Å²) in [7, 11) is 0. The molecule has 0 aliphatic rings. The summed E-state index contributed by atoms with van der Waals surface area (Å²) in [6.45, 7) is 4.50. The number of pyridine rings is 1. The van der Waals surface area contributed by atoms with E-state index in [2.05, 4.69) is 4.98 Å². The van der Waals surface area contributed by atoms with Crippen LogP contribution in [0.5, 0.6) is 0 Å². The summed E-state index contributed by atoms with van der Waals surface area (Å²) in [5, 5.41) is 0. The Balaban J connectivity index is 2.71. The second-order valence-electron chi connectivity index (χ2n) is 2.82. The molecule has 0 amide bonds. The molecule has 0 aliphatic carbocycles. The van der Waals surface area contributed by atoms with Crippen molar-refractivity contribution in [3.8, 4) is 0 Å². The van der Waals surface area contributed by atoms with Crippen molar-refractivity contribution in [2.24, 2.45) is 0 Å². The fourth-order valence-corrected chi connectivity index (χ4v) is 1.13.